The molecule has 3 aromatic carbocycles. The molecule has 36 heavy (non-hydrogen) atoms. The lowest BCUT2D eigenvalue weighted by atomic mass is 9.86. The number of anilines is 2. The van der Waals surface area contributed by atoms with Crippen molar-refractivity contribution < 1.29 is 14.0 Å². The summed E-state index contributed by atoms with van der Waals surface area (Å²) in [5.74, 6) is -0.0737. The molecule has 0 aliphatic carbocycles. The van der Waals surface area contributed by atoms with Crippen LogP contribution in [0.1, 0.15) is 36.7 Å². The minimum Gasteiger partial charge on any atom is -0.337 e. The normalized spacial score (nSPS) is 14.6. The predicted octanol–water partition coefficient (Wildman–Crippen LogP) is 5.14. The quantitative estimate of drug-likeness (QED) is 0.330. The lowest BCUT2D eigenvalue weighted by molar-refractivity contribution is -0.122. The Balaban J connectivity index is 1.38. The second-order valence-electron chi connectivity index (χ2n) is 9.44. The van der Waals surface area contributed by atoms with Gasteiger partial charge >= 0.3 is 0 Å². The summed E-state index contributed by atoms with van der Waals surface area (Å²) in [7, 11) is 0. The maximum atomic E-state index is 13.2. The average molecular weight is 483 g/mol. The number of hydrogen-bond acceptors (Lipinski definition) is 4. The van der Waals surface area contributed by atoms with Crippen LogP contribution in [0.2, 0.25) is 0 Å². The molecule has 9 heteroatoms. The predicted molar refractivity (Wildman–Crippen MR) is 137 cm³/mol. The van der Waals surface area contributed by atoms with E-state index in [-0.39, 0.29) is 11.8 Å². The van der Waals surface area contributed by atoms with Crippen molar-refractivity contribution in [2.24, 2.45) is 0 Å². The first-order chi connectivity index (χ1) is 17.3. The van der Waals surface area contributed by atoms with Crippen LogP contribution in [-0.2, 0) is 10.2 Å². The molecule has 5 aromatic rings. The lowest BCUT2D eigenvalue weighted by Crippen LogP contribution is -2.35. The number of likely N-dealkylation sites (N-methyl/N-ethyl adjacent to an activating group) is 1. The lowest BCUT2D eigenvalue weighted by Gasteiger charge is -2.18. The van der Waals surface area contributed by atoms with Crippen molar-refractivity contribution in [1.29, 1.82) is 0 Å². The number of amides is 2. The number of nitrogens with one attached hydrogen (secondary N) is 3. The number of rotatable bonds is 4. The number of fused-ring (bicyclic) bond motifs is 3. The average Bonchev–Trinajstić information content (AvgIpc) is 3.51. The Morgan fingerprint density at radius 3 is 2.61 bits per heavy atom. The molecule has 0 saturated carbocycles. The molecule has 8 nitrogen and oxygen atoms in total. The summed E-state index contributed by atoms with van der Waals surface area (Å²) in [4.78, 5) is 35.4. The van der Waals surface area contributed by atoms with Crippen LogP contribution in [0.25, 0.3) is 33.5 Å². The van der Waals surface area contributed by atoms with E-state index in [1.807, 2.05) is 45.0 Å². The Bertz CT molecular complexity index is 1680. The highest BCUT2D eigenvalue weighted by atomic mass is 19.1. The van der Waals surface area contributed by atoms with E-state index in [0.717, 1.165) is 33.2 Å². The summed E-state index contributed by atoms with van der Waals surface area (Å²) in [6.45, 7) is 6.44. The minimum atomic E-state index is -0.610. The van der Waals surface area contributed by atoms with E-state index >= 15 is 0 Å². The fourth-order valence-electron chi connectivity index (χ4n) is 4.83. The molecule has 6 rings (SSSR count). The summed E-state index contributed by atoms with van der Waals surface area (Å²) in [6, 6.07) is 14.7. The molecule has 0 unspecified atom stereocenters. The molecule has 180 valence electrons. The number of imidazole rings is 1. The number of aromatic amines is 2. The van der Waals surface area contributed by atoms with Gasteiger partial charge in [-0.2, -0.15) is 5.10 Å². The van der Waals surface area contributed by atoms with Gasteiger partial charge in [0.05, 0.1) is 27.7 Å². The van der Waals surface area contributed by atoms with Crippen molar-refractivity contribution in [3.05, 3.63) is 71.5 Å². The fourth-order valence-corrected chi connectivity index (χ4v) is 4.83. The molecule has 0 atom stereocenters. The molecular weight excluding hydrogens is 459 g/mol. The van der Waals surface area contributed by atoms with Gasteiger partial charge in [-0.05, 0) is 80.9 Å². The van der Waals surface area contributed by atoms with Gasteiger partial charge in [0.1, 0.15) is 11.5 Å². The number of carbonyl (C=O) groups is 2. The van der Waals surface area contributed by atoms with Crippen LogP contribution in [0, 0.1) is 5.82 Å². The van der Waals surface area contributed by atoms with E-state index in [1.165, 1.54) is 24.3 Å². The zero-order valence-corrected chi connectivity index (χ0v) is 19.9. The highest BCUT2D eigenvalue weighted by molar-refractivity contribution is 6.10. The van der Waals surface area contributed by atoms with Crippen molar-refractivity contribution in [1.82, 2.24) is 20.2 Å². The molecule has 3 heterocycles. The van der Waals surface area contributed by atoms with Crippen molar-refractivity contribution in [2.75, 3.05) is 16.8 Å². The third-order valence-corrected chi connectivity index (χ3v) is 6.81. The van der Waals surface area contributed by atoms with E-state index < -0.39 is 11.2 Å². The maximum Gasteiger partial charge on any atom is 0.255 e. The number of nitrogens with zero attached hydrogens (tertiary/aromatic N) is 3. The van der Waals surface area contributed by atoms with Gasteiger partial charge in [0.2, 0.25) is 5.91 Å². The zero-order chi connectivity index (χ0) is 25.2. The van der Waals surface area contributed by atoms with Crippen molar-refractivity contribution >= 4 is 45.1 Å². The summed E-state index contributed by atoms with van der Waals surface area (Å²) in [6.07, 6.45) is 0. The number of benzene rings is 3. The second kappa shape index (κ2) is 7.74. The van der Waals surface area contributed by atoms with Crippen molar-refractivity contribution in [3.63, 3.8) is 0 Å². The van der Waals surface area contributed by atoms with Gasteiger partial charge in [-0.25, -0.2) is 9.37 Å². The molecular formula is C27H23FN6O2. The Morgan fingerprint density at radius 1 is 1.08 bits per heavy atom. The largest absolute Gasteiger partial charge is 0.337 e. The van der Waals surface area contributed by atoms with Crippen LogP contribution >= 0.6 is 0 Å². The summed E-state index contributed by atoms with van der Waals surface area (Å²) < 4.78 is 13.2. The fraction of sp³-hybridized carbons (Fsp3) is 0.185. The topological polar surface area (TPSA) is 107 Å². The van der Waals surface area contributed by atoms with Crippen molar-refractivity contribution in [3.8, 4) is 11.5 Å². The first-order valence-electron chi connectivity index (χ1n) is 11.7. The van der Waals surface area contributed by atoms with Gasteiger partial charge in [0.15, 0.2) is 5.82 Å². The van der Waals surface area contributed by atoms with E-state index in [2.05, 4.69) is 20.5 Å². The maximum absolute atomic E-state index is 13.2. The number of hydrogen-bond donors (Lipinski definition) is 3. The number of aromatic nitrogens is 4. The molecule has 2 aromatic heterocycles. The Kier molecular flexibility index (Phi) is 4.72. The van der Waals surface area contributed by atoms with Crippen LogP contribution in [0.5, 0.6) is 0 Å². The van der Waals surface area contributed by atoms with Gasteiger partial charge in [-0.1, -0.05) is 0 Å². The van der Waals surface area contributed by atoms with Crippen LogP contribution in [0.15, 0.2) is 54.6 Å². The minimum absolute atomic E-state index is 0.0846. The Labute approximate surface area is 205 Å². The summed E-state index contributed by atoms with van der Waals surface area (Å²) in [5, 5.41) is 11.1. The molecule has 0 fully saturated rings. The van der Waals surface area contributed by atoms with Crippen LogP contribution in [0.3, 0.4) is 0 Å². The van der Waals surface area contributed by atoms with E-state index in [9.17, 15) is 14.0 Å². The van der Waals surface area contributed by atoms with Gasteiger partial charge in [0, 0.05) is 23.2 Å². The first kappa shape index (κ1) is 22.0. The molecule has 1 aliphatic rings. The van der Waals surface area contributed by atoms with Crippen LogP contribution < -0.4 is 10.2 Å². The van der Waals surface area contributed by atoms with Crippen LogP contribution in [-0.4, -0.2) is 38.5 Å². The third-order valence-electron chi connectivity index (χ3n) is 6.81. The molecule has 0 saturated heterocycles. The molecule has 2 amide bonds. The van der Waals surface area contributed by atoms with E-state index in [0.29, 0.717) is 29.3 Å². The summed E-state index contributed by atoms with van der Waals surface area (Å²) in [5.41, 5.74) is 5.14. The van der Waals surface area contributed by atoms with E-state index in [4.69, 9.17) is 4.98 Å². The van der Waals surface area contributed by atoms with Crippen molar-refractivity contribution in [2.45, 2.75) is 26.2 Å². The number of halogens is 1. The van der Waals surface area contributed by atoms with Crippen LogP contribution in [0.4, 0.5) is 15.8 Å². The highest BCUT2D eigenvalue weighted by Gasteiger charge is 2.43. The third kappa shape index (κ3) is 3.27. The molecule has 0 spiro atoms. The molecule has 0 bridgehead atoms. The first-order valence-corrected chi connectivity index (χ1v) is 11.7. The monoisotopic (exact) mass is 482 g/mol. The number of carbonyl (C=O) groups excluding carboxylic acids is 2. The molecule has 0 radical (unpaired) electrons. The highest BCUT2D eigenvalue weighted by Crippen LogP contribution is 2.43. The smallest absolute Gasteiger partial charge is 0.255 e. The van der Waals surface area contributed by atoms with Gasteiger partial charge in [-0.15, -0.1) is 0 Å². The Morgan fingerprint density at radius 2 is 1.86 bits per heavy atom. The SMILES string of the molecule is CCN1C(=O)C(C)(C)c2cc3[nH]c(-c4n[nH]c5ccc(NC(=O)c6ccc(F)cc6)cc45)nc3cc21. The second-order valence-corrected chi connectivity index (χ2v) is 9.44. The molecule has 3 N–H and O–H groups in total. The van der Waals surface area contributed by atoms with Gasteiger partial charge < -0.3 is 15.2 Å². The standard InChI is InChI=1S/C27H23FN6O2/c1-4-34-22-13-21-20(12-18(22)27(2,3)26(34)36)30-24(31-21)23-17-11-16(9-10-19(17)32-33-23)29-25(35)14-5-7-15(28)8-6-14/h5-13H,4H2,1-3H3,(H,29,35)(H,30,31)(H,32,33). The van der Waals surface area contributed by atoms with E-state index in [1.54, 1.807) is 11.0 Å². The van der Waals surface area contributed by atoms with Gasteiger partial charge in [-0.3, -0.25) is 14.7 Å². The van der Waals surface area contributed by atoms with Gasteiger partial charge in [0.25, 0.3) is 5.91 Å². The Hall–Kier alpha value is -4.53. The zero-order valence-electron chi connectivity index (χ0n) is 19.9. The molecule has 1 aliphatic heterocycles. The number of H-pyrrole nitrogens is 2. The summed E-state index contributed by atoms with van der Waals surface area (Å²) >= 11 is 0.